The molecule has 1 aliphatic rings. The summed E-state index contributed by atoms with van der Waals surface area (Å²) < 4.78 is 0. The van der Waals surface area contributed by atoms with Gasteiger partial charge < -0.3 is 10.0 Å². The number of rotatable bonds is 5. The van der Waals surface area contributed by atoms with Crippen LogP contribution in [0.5, 0.6) is 0 Å². The van der Waals surface area contributed by atoms with Gasteiger partial charge in [0.25, 0.3) is 0 Å². The van der Waals surface area contributed by atoms with E-state index in [0.29, 0.717) is 10.7 Å². The summed E-state index contributed by atoms with van der Waals surface area (Å²) >= 11 is 6.07. The average Bonchev–Trinajstić information content (AvgIpc) is 3.17. The van der Waals surface area contributed by atoms with Crippen molar-refractivity contribution in [2.45, 2.75) is 26.2 Å². The zero-order chi connectivity index (χ0) is 14.0. The lowest BCUT2D eigenvalue weighted by Gasteiger charge is -2.22. The van der Waals surface area contributed by atoms with Gasteiger partial charge in [0.05, 0.1) is 6.42 Å². The molecule has 1 amide bonds. The molecule has 0 bridgehead atoms. The maximum Gasteiger partial charge on any atom is 0.305 e. The van der Waals surface area contributed by atoms with Crippen LogP contribution >= 0.6 is 11.6 Å². The lowest BCUT2D eigenvalue weighted by atomic mass is 10.2. The molecule has 0 aliphatic heterocycles. The third kappa shape index (κ3) is 3.47. The topological polar surface area (TPSA) is 57.6 Å². The maximum absolute atomic E-state index is 12.2. The van der Waals surface area contributed by atoms with Crippen LogP contribution in [0.3, 0.4) is 0 Å². The summed E-state index contributed by atoms with van der Waals surface area (Å²) in [5.41, 5.74) is 1.61. The monoisotopic (exact) mass is 281 g/mol. The Morgan fingerprint density at radius 2 is 2.11 bits per heavy atom. The highest BCUT2D eigenvalue weighted by Crippen LogP contribution is 2.33. The van der Waals surface area contributed by atoms with Gasteiger partial charge in [-0.3, -0.25) is 9.59 Å². The van der Waals surface area contributed by atoms with Gasteiger partial charge in [-0.15, -0.1) is 0 Å². The number of carbonyl (C=O) groups is 2. The van der Waals surface area contributed by atoms with E-state index in [-0.39, 0.29) is 24.8 Å². The van der Waals surface area contributed by atoms with Crippen LogP contribution in [0.2, 0.25) is 5.02 Å². The Labute approximate surface area is 117 Å². The Morgan fingerprint density at radius 1 is 1.42 bits per heavy atom. The van der Waals surface area contributed by atoms with Gasteiger partial charge in [0.1, 0.15) is 0 Å². The number of benzene rings is 1. The molecule has 5 heteroatoms. The van der Waals surface area contributed by atoms with Crippen molar-refractivity contribution in [3.63, 3.8) is 0 Å². The van der Waals surface area contributed by atoms with E-state index in [1.807, 2.05) is 19.1 Å². The summed E-state index contributed by atoms with van der Waals surface area (Å²) in [6, 6.07) is 5.37. The fourth-order valence-electron chi connectivity index (χ4n) is 1.87. The minimum Gasteiger partial charge on any atom is -0.481 e. The molecule has 0 spiro atoms. The van der Waals surface area contributed by atoms with Crippen molar-refractivity contribution in [2.75, 3.05) is 11.4 Å². The first-order valence-corrected chi connectivity index (χ1v) is 6.66. The Morgan fingerprint density at radius 3 is 2.63 bits per heavy atom. The first-order valence-electron chi connectivity index (χ1n) is 6.28. The molecule has 0 unspecified atom stereocenters. The van der Waals surface area contributed by atoms with Gasteiger partial charge in [-0.05, 0) is 37.5 Å². The number of hydrogen-bond donors (Lipinski definition) is 1. The molecule has 1 aliphatic carbocycles. The molecular weight excluding hydrogens is 266 g/mol. The molecule has 0 atom stereocenters. The largest absolute Gasteiger partial charge is 0.481 e. The second kappa shape index (κ2) is 5.61. The number of carboxylic acids is 1. The molecule has 1 aromatic carbocycles. The second-order valence-corrected chi connectivity index (χ2v) is 5.25. The first kappa shape index (κ1) is 13.9. The molecule has 0 heterocycles. The average molecular weight is 282 g/mol. The highest BCUT2D eigenvalue weighted by molar-refractivity contribution is 6.31. The molecule has 0 aromatic heterocycles. The summed E-state index contributed by atoms with van der Waals surface area (Å²) in [6.45, 7) is 2.07. The molecule has 1 aromatic rings. The van der Waals surface area contributed by atoms with Gasteiger partial charge in [-0.25, -0.2) is 0 Å². The van der Waals surface area contributed by atoms with Crippen LogP contribution < -0.4 is 4.90 Å². The van der Waals surface area contributed by atoms with Crippen molar-refractivity contribution < 1.29 is 14.7 Å². The third-order valence-electron chi connectivity index (χ3n) is 3.21. The van der Waals surface area contributed by atoms with Crippen LogP contribution in [-0.2, 0) is 9.59 Å². The molecule has 2 rings (SSSR count). The van der Waals surface area contributed by atoms with Crippen molar-refractivity contribution in [1.82, 2.24) is 0 Å². The summed E-state index contributed by atoms with van der Waals surface area (Å²) in [5.74, 6) is -0.859. The van der Waals surface area contributed by atoms with E-state index in [9.17, 15) is 9.59 Å². The minimum absolute atomic E-state index is 0.00108. The lowest BCUT2D eigenvalue weighted by molar-refractivity contribution is -0.136. The van der Waals surface area contributed by atoms with Gasteiger partial charge in [0.2, 0.25) is 5.91 Å². The summed E-state index contributed by atoms with van der Waals surface area (Å²) in [5, 5.41) is 9.36. The molecule has 102 valence electrons. The standard InChI is InChI=1S/C14H16ClNO3/c1-9-2-5-11(8-12(9)15)16(7-6-13(17)18)14(19)10-3-4-10/h2,5,8,10H,3-4,6-7H2,1H3,(H,17,18). The number of carbonyl (C=O) groups excluding carboxylic acids is 1. The summed E-state index contributed by atoms with van der Waals surface area (Å²) in [7, 11) is 0. The normalized spacial score (nSPS) is 14.2. The quantitative estimate of drug-likeness (QED) is 0.903. The SMILES string of the molecule is Cc1ccc(N(CCC(=O)O)C(=O)C2CC2)cc1Cl. The van der Waals surface area contributed by atoms with Crippen molar-refractivity contribution >= 4 is 29.2 Å². The van der Waals surface area contributed by atoms with Crippen LogP contribution in [0.25, 0.3) is 0 Å². The Hall–Kier alpha value is -1.55. The van der Waals surface area contributed by atoms with E-state index in [1.54, 1.807) is 6.07 Å². The molecule has 4 nitrogen and oxygen atoms in total. The van der Waals surface area contributed by atoms with E-state index in [2.05, 4.69) is 0 Å². The number of halogens is 1. The zero-order valence-electron chi connectivity index (χ0n) is 10.7. The number of amides is 1. The Balaban J connectivity index is 2.21. The zero-order valence-corrected chi connectivity index (χ0v) is 11.5. The number of nitrogens with zero attached hydrogens (tertiary/aromatic N) is 1. The summed E-state index contributed by atoms with van der Waals surface area (Å²) in [6.07, 6.45) is 1.72. The van der Waals surface area contributed by atoms with Crippen LogP contribution in [0.15, 0.2) is 18.2 Å². The van der Waals surface area contributed by atoms with Crippen LogP contribution in [-0.4, -0.2) is 23.5 Å². The molecule has 1 saturated carbocycles. The third-order valence-corrected chi connectivity index (χ3v) is 3.62. The Bertz CT molecular complexity index is 511. The number of carboxylic acid groups (broad SMARTS) is 1. The predicted octanol–water partition coefficient (Wildman–Crippen LogP) is 2.87. The highest BCUT2D eigenvalue weighted by Gasteiger charge is 2.34. The molecular formula is C14H16ClNO3. The maximum atomic E-state index is 12.2. The van der Waals surface area contributed by atoms with E-state index in [1.165, 1.54) is 4.90 Å². The minimum atomic E-state index is -0.910. The number of aliphatic carboxylic acids is 1. The van der Waals surface area contributed by atoms with Gasteiger partial charge >= 0.3 is 5.97 Å². The molecule has 19 heavy (non-hydrogen) atoms. The fourth-order valence-corrected chi connectivity index (χ4v) is 2.05. The highest BCUT2D eigenvalue weighted by atomic mass is 35.5. The predicted molar refractivity (Wildman–Crippen MR) is 73.5 cm³/mol. The van der Waals surface area contributed by atoms with Gasteiger partial charge in [-0.2, -0.15) is 0 Å². The first-order chi connectivity index (χ1) is 8.99. The van der Waals surface area contributed by atoms with E-state index in [0.717, 1.165) is 18.4 Å². The summed E-state index contributed by atoms with van der Waals surface area (Å²) in [4.78, 5) is 24.4. The molecule has 1 fully saturated rings. The van der Waals surface area contributed by atoms with Crippen LogP contribution in [0.1, 0.15) is 24.8 Å². The van der Waals surface area contributed by atoms with Crippen molar-refractivity contribution in [3.05, 3.63) is 28.8 Å². The lowest BCUT2D eigenvalue weighted by Crippen LogP contribution is -2.34. The van der Waals surface area contributed by atoms with Crippen LogP contribution in [0, 0.1) is 12.8 Å². The van der Waals surface area contributed by atoms with Crippen molar-refractivity contribution in [2.24, 2.45) is 5.92 Å². The molecule has 1 N–H and O–H groups in total. The number of anilines is 1. The van der Waals surface area contributed by atoms with Gasteiger partial charge in [0, 0.05) is 23.2 Å². The van der Waals surface area contributed by atoms with Crippen LogP contribution in [0.4, 0.5) is 5.69 Å². The van der Waals surface area contributed by atoms with Gasteiger partial charge in [-0.1, -0.05) is 17.7 Å². The number of hydrogen-bond acceptors (Lipinski definition) is 2. The smallest absolute Gasteiger partial charge is 0.305 e. The molecule has 0 saturated heterocycles. The van der Waals surface area contributed by atoms with Gasteiger partial charge in [0.15, 0.2) is 0 Å². The molecule has 0 radical (unpaired) electrons. The second-order valence-electron chi connectivity index (χ2n) is 4.84. The van der Waals surface area contributed by atoms with E-state index >= 15 is 0 Å². The van der Waals surface area contributed by atoms with E-state index in [4.69, 9.17) is 16.7 Å². The fraction of sp³-hybridized carbons (Fsp3) is 0.429. The van der Waals surface area contributed by atoms with Crippen molar-refractivity contribution in [1.29, 1.82) is 0 Å². The number of aryl methyl sites for hydroxylation is 1. The Kier molecular flexibility index (Phi) is 4.10. The van der Waals surface area contributed by atoms with E-state index < -0.39 is 5.97 Å². The van der Waals surface area contributed by atoms with Crippen molar-refractivity contribution in [3.8, 4) is 0 Å².